The summed E-state index contributed by atoms with van der Waals surface area (Å²) < 4.78 is 4.38. The number of nitrogens with zero attached hydrogens (tertiary/aromatic N) is 5. The molecule has 1 aromatic rings. The summed E-state index contributed by atoms with van der Waals surface area (Å²) in [4.78, 5) is 25.8. The normalized spacial score (nSPS) is 15.4. The number of guanidine groups is 1. The van der Waals surface area contributed by atoms with Crippen molar-refractivity contribution in [2.45, 2.75) is 34.1 Å². The largest absolute Gasteiger partial charge is 0.359 e. The molecule has 0 saturated carbocycles. The number of anilines is 1. The quantitative estimate of drug-likeness (QED) is 0.344. The molecule has 8 nitrogen and oxygen atoms in total. The van der Waals surface area contributed by atoms with E-state index in [-0.39, 0.29) is 29.9 Å². The summed E-state index contributed by atoms with van der Waals surface area (Å²) in [5.74, 6) is 1.79. The standard InChI is InChI=1S/C17H31N7OS.HI/c1-6-13-21-16(26-22-13)24-10-8-23(9-11-24)15(19-7-2)20-12-17(3,4)14(25)18-5;/h6-12H2,1-5H3,(H,18,25)(H,19,20);1H. The molecule has 0 aliphatic carbocycles. The molecule has 1 amide bonds. The lowest BCUT2D eigenvalue weighted by atomic mass is 9.93. The van der Waals surface area contributed by atoms with Crippen molar-refractivity contribution in [3.8, 4) is 0 Å². The number of amides is 1. The van der Waals surface area contributed by atoms with Gasteiger partial charge in [0.2, 0.25) is 11.0 Å². The van der Waals surface area contributed by atoms with Gasteiger partial charge in [0.25, 0.3) is 0 Å². The molecule has 0 atom stereocenters. The van der Waals surface area contributed by atoms with Crippen LogP contribution in [-0.4, -0.2) is 72.4 Å². The lowest BCUT2D eigenvalue weighted by Crippen LogP contribution is -2.53. The van der Waals surface area contributed by atoms with Gasteiger partial charge in [-0.2, -0.15) is 4.37 Å². The van der Waals surface area contributed by atoms with Crippen LogP contribution in [0.2, 0.25) is 0 Å². The van der Waals surface area contributed by atoms with Crippen LogP contribution in [0.15, 0.2) is 4.99 Å². The number of aliphatic imine (C=N–C) groups is 1. The van der Waals surface area contributed by atoms with Gasteiger partial charge in [0.15, 0.2) is 5.96 Å². The molecule has 2 N–H and O–H groups in total. The first-order chi connectivity index (χ1) is 12.4. The molecular weight excluding hydrogens is 477 g/mol. The fourth-order valence-electron chi connectivity index (χ4n) is 2.73. The van der Waals surface area contributed by atoms with E-state index in [9.17, 15) is 4.79 Å². The minimum absolute atomic E-state index is 0. The Labute approximate surface area is 183 Å². The summed E-state index contributed by atoms with van der Waals surface area (Å²) in [6.45, 7) is 12.7. The van der Waals surface area contributed by atoms with Gasteiger partial charge in [0.05, 0.1) is 12.0 Å². The number of aryl methyl sites for hydroxylation is 1. The maximum atomic E-state index is 12.0. The number of hydrogen-bond donors (Lipinski definition) is 2. The van der Waals surface area contributed by atoms with Crippen LogP contribution in [0.1, 0.15) is 33.5 Å². The summed E-state index contributed by atoms with van der Waals surface area (Å²) in [5.41, 5.74) is -0.527. The van der Waals surface area contributed by atoms with Gasteiger partial charge >= 0.3 is 0 Å². The molecule has 1 aliphatic rings. The smallest absolute Gasteiger partial charge is 0.227 e. The van der Waals surface area contributed by atoms with E-state index in [4.69, 9.17) is 4.99 Å². The summed E-state index contributed by atoms with van der Waals surface area (Å²) in [6, 6.07) is 0. The molecule has 10 heteroatoms. The molecule has 1 fully saturated rings. The second kappa shape index (κ2) is 11.0. The molecular formula is C17H32IN7OS. The number of hydrogen-bond acceptors (Lipinski definition) is 6. The summed E-state index contributed by atoms with van der Waals surface area (Å²) in [7, 11) is 1.66. The zero-order chi connectivity index (χ0) is 19.2. The Bertz CT molecular complexity index is 627. The lowest BCUT2D eigenvalue weighted by molar-refractivity contribution is -0.128. The SMILES string of the molecule is CCNC(=NCC(C)(C)C(=O)NC)N1CCN(c2nc(CC)ns2)CC1.I. The molecule has 1 aliphatic heterocycles. The van der Waals surface area contributed by atoms with E-state index in [1.165, 1.54) is 11.5 Å². The maximum absolute atomic E-state index is 12.0. The van der Waals surface area contributed by atoms with E-state index in [0.29, 0.717) is 6.54 Å². The second-order valence-corrected chi connectivity index (χ2v) is 7.68. The van der Waals surface area contributed by atoms with Crippen molar-refractivity contribution < 1.29 is 4.79 Å². The molecule has 27 heavy (non-hydrogen) atoms. The average Bonchev–Trinajstić information content (AvgIpc) is 3.13. The third-order valence-electron chi connectivity index (χ3n) is 4.42. The Hall–Kier alpha value is -1.17. The lowest BCUT2D eigenvalue weighted by Gasteiger charge is -2.36. The fraction of sp³-hybridized carbons (Fsp3) is 0.765. The molecule has 0 bridgehead atoms. The van der Waals surface area contributed by atoms with Crippen LogP contribution in [0, 0.1) is 5.41 Å². The molecule has 0 spiro atoms. The van der Waals surface area contributed by atoms with E-state index in [1.54, 1.807) is 7.05 Å². The molecule has 0 aromatic carbocycles. The molecule has 0 unspecified atom stereocenters. The van der Waals surface area contributed by atoms with E-state index >= 15 is 0 Å². The molecule has 154 valence electrons. The van der Waals surface area contributed by atoms with Crippen LogP contribution in [0.25, 0.3) is 0 Å². The van der Waals surface area contributed by atoms with Crippen molar-refractivity contribution in [2.75, 3.05) is 51.2 Å². The Morgan fingerprint density at radius 2 is 1.93 bits per heavy atom. The maximum Gasteiger partial charge on any atom is 0.227 e. The fourth-order valence-corrected chi connectivity index (χ4v) is 3.54. The molecule has 2 heterocycles. The third-order valence-corrected chi connectivity index (χ3v) is 5.24. The molecule has 1 aromatic heterocycles. The van der Waals surface area contributed by atoms with Gasteiger partial charge < -0.3 is 20.4 Å². The zero-order valence-electron chi connectivity index (χ0n) is 16.9. The van der Waals surface area contributed by atoms with Crippen LogP contribution < -0.4 is 15.5 Å². The van der Waals surface area contributed by atoms with Crippen LogP contribution in [0.3, 0.4) is 0 Å². The van der Waals surface area contributed by atoms with Crippen molar-refractivity contribution >= 4 is 52.5 Å². The van der Waals surface area contributed by atoms with Gasteiger partial charge in [-0.1, -0.05) is 6.92 Å². The Kier molecular flexibility index (Phi) is 9.71. The van der Waals surface area contributed by atoms with Crippen molar-refractivity contribution in [1.82, 2.24) is 24.9 Å². The van der Waals surface area contributed by atoms with Gasteiger partial charge in [-0.15, -0.1) is 24.0 Å². The highest BCUT2D eigenvalue weighted by atomic mass is 127. The van der Waals surface area contributed by atoms with E-state index in [0.717, 1.165) is 56.1 Å². The number of aromatic nitrogens is 2. The summed E-state index contributed by atoms with van der Waals surface area (Å²) in [6.07, 6.45) is 0.870. The first-order valence-electron chi connectivity index (χ1n) is 9.24. The number of nitrogens with one attached hydrogen (secondary N) is 2. The number of carbonyl (C=O) groups is 1. The van der Waals surface area contributed by atoms with Gasteiger partial charge in [-0.3, -0.25) is 9.79 Å². The minimum Gasteiger partial charge on any atom is -0.359 e. The van der Waals surface area contributed by atoms with Gasteiger partial charge in [-0.05, 0) is 20.8 Å². The summed E-state index contributed by atoms with van der Waals surface area (Å²) >= 11 is 1.48. The van der Waals surface area contributed by atoms with Crippen molar-refractivity contribution in [1.29, 1.82) is 0 Å². The number of carbonyl (C=O) groups excluding carboxylic acids is 1. The number of halogens is 1. The first-order valence-corrected chi connectivity index (χ1v) is 10.0. The molecule has 2 rings (SSSR count). The van der Waals surface area contributed by atoms with E-state index in [1.807, 2.05) is 13.8 Å². The van der Waals surface area contributed by atoms with E-state index < -0.39 is 5.41 Å². The highest BCUT2D eigenvalue weighted by molar-refractivity contribution is 14.0. The Morgan fingerprint density at radius 3 is 2.44 bits per heavy atom. The Balaban J connectivity index is 0.00000364. The van der Waals surface area contributed by atoms with Gasteiger partial charge in [-0.25, -0.2) is 4.98 Å². The van der Waals surface area contributed by atoms with Crippen molar-refractivity contribution in [3.05, 3.63) is 5.82 Å². The first kappa shape index (κ1) is 23.9. The third kappa shape index (κ3) is 6.44. The van der Waals surface area contributed by atoms with Crippen molar-refractivity contribution in [3.63, 3.8) is 0 Å². The van der Waals surface area contributed by atoms with Crippen molar-refractivity contribution in [2.24, 2.45) is 10.4 Å². The topological polar surface area (TPSA) is 85.8 Å². The average molecular weight is 509 g/mol. The van der Waals surface area contributed by atoms with Crippen LogP contribution in [-0.2, 0) is 11.2 Å². The second-order valence-electron chi connectivity index (χ2n) is 6.95. The monoisotopic (exact) mass is 509 g/mol. The predicted molar refractivity (Wildman–Crippen MR) is 122 cm³/mol. The highest BCUT2D eigenvalue weighted by Gasteiger charge is 2.27. The van der Waals surface area contributed by atoms with E-state index in [2.05, 4.69) is 43.6 Å². The summed E-state index contributed by atoms with van der Waals surface area (Å²) in [5, 5.41) is 7.06. The minimum atomic E-state index is -0.527. The van der Waals surface area contributed by atoms with Gasteiger partial charge in [0.1, 0.15) is 5.82 Å². The Morgan fingerprint density at radius 1 is 1.26 bits per heavy atom. The number of piperazine rings is 1. The molecule has 0 radical (unpaired) electrons. The van der Waals surface area contributed by atoms with Crippen LogP contribution >= 0.6 is 35.5 Å². The zero-order valence-corrected chi connectivity index (χ0v) is 20.1. The molecule has 1 saturated heterocycles. The predicted octanol–water partition coefficient (Wildman–Crippen LogP) is 1.58. The highest BCUT2D eigenvalue weighted by Crippen LogP contribution is 2.20. The number of rotatable bonds is 6. The van der Waals surface area contributed by atoms with Crippen LogP contribution in [0.5, 0.6) is 0 Å². The van der Waals surface area contributed by atoms with Gasteiger partial charge in [0, 0.05) is 57.7 Å². The van der Waals surface area contributed by atoms with Crippen LogP contribution in [0.4, 0.5) is 5.13 Å².